The van der Waals surface area contributed by atoms with Crippen molar-refractivity contribution < 1.29 is 4.42 Å². The van der Waals surface area contributed by atoms with Crippen LogP contribution in [0.3, 0.4) is 0 Å². The molecule has 0 spiro atoms. The molecule has 0 aliphatic heterocycles. The molecule has 11 rings (SSSR count). The van der Waals surface area contributed by atoms with Gasteiger partial charge in [0, 0.05) is 47.6 Å². The molecule has 3 aromatic heterocycles. The zero-order valence-corrected chi connectivity index (χ0v) is 30.9. The van der Waals surface area contributed by atoms with E-state index in [-0.39, 0.29) is 0 Å². The summed E-state index contributed by atoms with van der Waals surface area (Å²) in [5.41, 5.74) is 11.2. The topological polar surface area (TPSA) is 51.8 Å². The maximum absolute atomic E-state index is 6.92. The van der Waals surface area contributed by atoms with E-state index < -0.39 is 0 Å². The van der Waals surface area contributed by atoms with Crippen LogP contribution in [0.5, 0.6) is 0 Å². The smallest absolute Gasteiger partial charge is 0.167 e. The first-order valence-corrected chi connectivity index (χ1v) is 19.5. The fourth-order valence-electron chi connectivity index (χ4n) is 7.76. The molecule has 0 aliphatic rings. The zero-order chi connectivity index (χ0) is 37.0. The Hall–Kier alpha value is -7.21. The molecule has 0 atom stereocenters. The van der Waals surface area contributed by atoms with E-state index in [9.17, 15) is 0 Å². The molecule has 3 heterocycles. The molecular formula is C51H31N3OS. The SMILES string of the molecule is c1ccc(-c2ccc(-c3nc(-c4ccccc4)nc(-c4cccc5c4oc4c(-c6ccc7c(c6)sc6cc(-c8ccccc8)ccc67)cccc45)n3)cc2)cc1. The van der Waals surface area contributed by atoms with Gasteiger partial charge in [0.1, 0.15) is 11.2 Å². The van der Waals surface area contributed by atoms with Gasteiger partial charge in [-0.15, -0.1) is 11.3 Å². The number of para-hydroxylation sites is 2. The molecule has 11 aromatic rings. The highest BCUT2D eigenvalue weighted by atomic mass is 32.1. The third kappa shape index (κ3) is 5.56. The summed E-state index contributed by atoms with van der Waals surface area (Å²) < 4.78 is 9.45. The van der Waals surface area contributed by atoms with Gasteiger partial charge in [-0.2, -0.15) is 0 Å². The first-order valence-electron chi connectivity index (χ1n) is 18.7. The molecule has 0 unspecified atom stereocenters. The van der Waals surface area contributed by atoms with Crippen molar-refractivity contribution in [2.45, 2.75) is 0 Å². The number of aromatic nitrogens is 3. The molecule has 0 saturated carbocycles. The van der Waals surface area contributed by atoms with E-state index in [1.807, 2.05) is 53.8 Å². The highest BCUT2D eigenvalue weighted by Gasteiger charge is 2.20. The zero-order valence-electron chi connectivity index (χ0n) is 30.1. The van der Waals surface area contributed by atoms with Crippen molar-refractivity contribution in [1.82, 2.24) is 15.0 Å². The number of furan rings is 1. The second kappa shape index (κ2) is 13.3. The van der Waals surface area contributed by atoms with Crippen molar-refractivity contribution in [3.63, 3.8) is 0 Å². The van der Waals surface area contributed by atoms with Gasteiger partial charge in [-0.3, -0.25) is 0 Å². The molecule has 8 aromatic carbocycles. The van der Waals surface area contributed by atoms with Gasteiger partial charge in [0.05, 0.1) is 5.56 Å². The number of fused-ring (bicyclic) bond motifs is 6. The average Bonchev–Trinajstić information content (AvgIpc) is 3.85. The molecule has 5 heteroatoms. The first kappa shape index (κ1) is 32.2. The van der Waals surface area contributed by atoms with Gasteiger partial charge in [-0.05, 0) is 46.0 Å². The standard InChI is InChI=1S/C51H31N3OS/c1-4-12-32(13-5-1)34-22-24-36(25-23-34)50-52-49(35-16-8-3-9-17-35)53-51(54-50)44-21-11-20-43-42-19-10-18-39(47(42)55-48(43)44)38-27-29-41-40-28-26-37(33-14-6-2-7-15-33)30-45(40)56-46(41)31-38/h1-31H. The molecule has 0 aliphatic carbocycles. The third-order valence-electron chi connectivity index (χ3n) is 10.6. The summed E-state index contributed by atoms with van der Waals surface area (Å²) in [6.07, 6.45) is 0. The van der Waals surface area contributed by atoms with Crippen molar-refractivity contribution in [3.8, 4) is 67.5 Å². The van der Waals surface area contributed by atoms with Crippen molar-refractivity contribution in [3.05, 3.63) is 188 Å². The number of hydrogen-bond acceptors (Lipinski definition) is 5. The van der Waals surface area contributed by atoms with Gasteiger partial charge in [-0.1, -0.05) is 170 Å². The molecular weight excluding hydrogens is 703 g/mol. The Kier molecular flexibility index (Phi) is 7.64. The van der Waals surface area contributed by atoms with Crippen LogP contribution in [0.25, 0.3) is 110 Å². The fourth-order valence-corrected chi connectivity index (χ4v) is 8.95. The van der Waals surface area contributed by atoms with Crippen LogP contribution in [0, 0.1) is 0 Å². The van der Waals surface area contributed by atoms with E-state index in [0.717, 1.165) is 60.9 Å². The average molecular weight is 734 g/mol. The fraction of sp³-hybridized carbons (Fsp3) is 0. The predicted octanol–water partition coefficient (Wildman–Crippen LogP) is 14.1. The van der Waals surface area contributed by atoms with Crippen LogP contribution < -0.4 is 0 Å². The number of hydrogen-bond donors (Lipinski definition) is 0. The summed E-state index contributed by atoms with van der Waals surface area (Å²) in [6, 6.07) is 65.7. The lowest BCUT2D eigenvalue weighted by Gasteiger charge is -2.09. The van der Waals surface area contributed by atoms with E-state index in [0.29, 0.717) is 17.5 Å². The molecule has 4 nitrogen and oxygen atoms in total. The predicted molar refractivity (Wildman–Crippen MR) is 233 cm³/mol. The summed E-state index contributed by atoms with van der Waals surface area (Å²) in [4.78, 5) is 15.2. The summed E-state index contributed by atoms with van der Waals surface area (Å²) in [5, 5.41) is 4.62. The van der Waals surface area contributed by atoms with Gasteiger partial charge in [0.25, 0.3) is 0 Å². The molecule has 262 valence electrons. The number of nitrogens with zero attached hydrogens (tertiary/aromatic N) is 3. The Balaban J connectivity index is 1.03. The second-order valence-corrected chi connectivity index (χ2v) is 15.1. The Bertz CT molecular complexity index is 3230. The van der Waals surface area contributed by atoms with Gasteiger partial charge in [-0.25, -0.2) is 15.0 Å². The van der Waals surface area contributed by atoms with Crippen LogP contribution in [0.1, 0.15) is 0 Å². The number of benzene rings is 8. The van der Waals surface area contributed by atoms with Crippen molar-refractivity contribution in [2.75, 3.05) is 0 Å². The molecule has 0 saturated heterocycles. The molecule has 0 fully saturated rings. The monoisotopic (exact) mass is 733 g/mol. The Morgan fingerprint density at radius 3 is 1.36 bits per heavy atom. The highest BCUT2D eigenvalue weighted by molar-refractivity contribution is 7.25. The minimum absolute atomic E-state index is 0.564. The lowest BCUT2D eigenvalue weighted by Crippen LogP contribution is -2.00. The minimum atomic E-state index is 0.564. The third-order valence-corrected chi connectivity index (χ3v) is 11.7. The molecule has 0 bridgehead atoms. The van der Waals surface area contributed by atoms with Gasteiger partial charge in [0.15, 0.2) is 17.5 Å². The van der Waals surface area contributed by atoms with Gasteiger partial charge < -0.3 is 4.42 Å². The maximum Gasteiger partial charge on any atom is 0.167 e. The Morgan fingerprint density at radius 1 is 0.304 bits per heavy atom. The highest BCUT2D eigenvalue weighted by Crippen LogP contribution is 2.42. The van der Waals surface area contributed by atoms with Gasteiger partial charge >= 0.3 is 0 Å². The Morgan fingerprint density at radius 2 is 0.732 bits per heavy atom. The maximum atomic E-state index is 6.92. The van der Waals surface area contributed by atoms with Crippen molar-refractivity contribution in [2.24, 2.45) is 0 Å². The van der Waals surface area contributed by atoms with Crippen LogP contribution in [-0.4, -0.2) is 15.0 Å². The van der Waals surface area contributed by atoms with Crippen molar-refractivity contribution >= 4 is 53.4 Å². The lowest BCUT2D eigenvalue weighted by atomic mass is 10.00. The van der Waals surface area contributed by atoms with Gasteiger partial charge in [0.2, 0.25) is 0 Å². The van der Waals surface area contributed by atoms with Crippen LogP contribution in [-0.2, 0) is 0 Å². The summed E-state index contributed by atoms with van der Waals surface area (Å²) in [5.74, 6) is 1.78. The van der Waals surface area contributed by atoms with E-state index in [1.165, 1.54) is 31.3 Å². The lowest BCUT2D eigenvalue weighted by molar-refractivity contribution is 0.670. The summed E-state index contributed by atoms with van der Waals surface area (Å²) in [6.45, 7) is 0. The second-order valence-electron chi connectivity index (χ2n) is 14.0. The van der Waals surface area contributed by atoms with Crippen LogP contribution in [0.2, 0.25) is 0 Å². The summed E-state index contributed by atoms with van der Waals surface area (Å²) in [7, 11) is 0. The Labute approximate surface area is 327 Å². The van der Waals surface area contributed by atoms with Crippen molar-refractivity contribution in [1.29, 1.82) is 0 Å². The molecule has 56 heavy (non-hydrogen) atoms. The normalized spacial score (nSPS) is 11.6. The first-order chi connectivity index (χ1) is 27.7. The minimum Gasteiger partial charge on any atom is -0.455 e. The van der Waals surface area contributed by atoms with E-state index in [1.54, 1.807) is 0 Å². The van der Waals surface area contributed by atoms with E-state index in [4.69, 9.17) is 19.4 Å². The number of thiophene rings is 1. The largest absolute Gasteiger partial charge is 0.455 e. The summed E-state index contributed by atoms with van der Waals surface area (Å²) >= 11 is 1.83. The van der Waals surface area contributed by atoms with Crippen LogP contribution in [0.15, 0.2) is 192 Å². The quantitative estimate of drug-likeness (QED) is 0.171. The molecule has 0 radical (unpaired) electrons. The van der Waals surface area contributed by atoms with E-state index in [2.05, 4.69) is 146 Å². The molecule has 0 N–H and O–H groups in total. The van der Waals surface area contributed by atoms with E-state index >= 15 is 0 Å². The van der Waals surface area contributed by atoms with Crippen LogP contribution >= 0.6 is 11.3 Å². The molecule has 0 amide bonds. The number of rotatable bonds is 6. The van der Waals surface area contributed by atoms with Crippen LogP contribution in [0.4, 0.5) is 0 Å².